The Hall–Kier alpha value is -2.12. The minimum Gasteiger partial charge on any atom is -0.313 e. The number of rotatable bonds is 4. The maximum Gasteiger partial charge on any atom is 0.0205 e. The van der Waals surface area contributed by atoms with E-state index in [1.165, 1.54) is 33.0 Å². The van der Waals surface area contributed by atoms with Gasteiger partial charge in [-0.3, -0.25) is 0 Å². The Labute approximate surface area is 126 Å². The van der Waals surface area contributed by atoms with Crippen molar-refractivity contribution in [2.45, 2.75) is 20.4 Å². The molecule has 3 rings (SSSR count). The fourth-order valence-corrected chi connectivity index (χ4v) is 2.87. The number of hydrogen-bond acceptors (Lipinski definition) is 1. The highest BCUT2D eigenvalue weighted by Crippen LogP contribution is 2.31. The van der Waals surface area contributed by atoms with Crippen molar-refractivity contribution in [2.24, 2.45) is 0 Å². The molecule has 0 fully saturated rings. The molecule has 0 spiro atoms. The van der Waals surface area contributed by atoms with Crippen LogP contribution in [0.25, 0.3) is 21.9 Å². The zero-order valence-corrected chi connectivity index (χ0v) is 12.7. The molecule has 0 aliphatic carbocycles. The van der Waals surface area contributed by atoms with Gasteiger partial charge in [-0.2, -0.15) is 0 Å². The van der Waals surface area contributed by atoms with Crippen molar-refractivity contribution in [3.8, 4) is 11.1 Å². The fraction of sp³-hybridized carbons (Fsp3) is 0.200. The molecule has 1 heteroatoms. The number of aryl methyl sites for hydroxylation is 1. The van der Waals surface area contributed by atoms with Crippen molar-refractivity contribution in [2.75, 3.05) is 6.54 Å². The number of fused-ring (bicyclic) bond motifs is 1. The van der Waals surface area contributed by atoms with Gasteiger partial charge in [0.05, 0.1) is 0 Å². The molecule has 3 aromatic carbocycles. The van der Waals surface area contributed by atoms with Gasteiger partial charge in [0.1, 0.15) is 0 Å². The highest BCUT2D eigenvalue weighted by molar-refractivity contribution is 5.97. The maximum absolute atomic E-state index is 3.38. The standard InChI is InChI=1S/C20H21N/c1-3-21-14-16-11-12-18(15(2)13-16)20-10-6-8-17-7-4-5-9-19(17)20/h4-13,21H,3,14H2,1-2H3. The highest BCUT2D eigenvalue weighted by atomic mass is 14.8. The van der Waals surface area contributed by atoms with Crippen LogP contribution in [0.5, 0.6) is 0 Å². The fourth-order valence-electron chi connectivity index (χ4n) is 2.87. The number of benzene rings is 3. The largest absolute Gasteiger partial charge is 0.313 e. The van der Waals surface area contributed by atoms with Crippen molar-refractivity contribution >= 4 is 10.8 Å². The van der Waals surface area contributed by atoms with E-state index in [9.17, 15) is 0 Å². The predicted octanol–water partition coefficient (Wildman–Crippen LogP) is 4.92. The van der Waals surface area contributed by atoms with Gasteiger partial charge in [-0.25, -0.2) is 0 Å². The van der Waals surface area contributed by atoms with Crippen LogP contribution >= 0.6 is 0 Å². The third-order valence-electron chi connectivity index (χ3n) is 3.95. The van der Waals surface area contributed by atoms with Crippen LogP contribution in [-0.4, -0.2) is 6.54 Å². The Kier molecular flexibility index (Phi) is 4.03. The average Bonchev–Trinajstić information content (AvgIpc) is 2.53. The highest BCUT2D eigenvalue weighted by Gasteiger charge is 2.06. The van der Waals surface area contributed by atoms with E-state index >= 15 is 0 Å². The Morgan fingerprint density at radius 2 is 1.67 bits per heavy atom. The second-order valence-electron chi connectivity index (χ2n) is 5.46. The summed E-state index contributed by atoms with van der Waals surface area (Å²) in [5, 5.41) is 6.00. The first-order valence-electron chi connectivity index (χ1n) is 7.58. The van der Waals surface area contributed by atoms with Crippen LogP contribution in [0.2, 0.25) is 0 Å². The summed E-state index contributed by atoms with van der Waals surface area (Å²) in [5.41, 5.74) is 5.33. The van der Waals surface area contributed by atoms with Crippen molar-refractivity contribution in [3.05, 3.63) is 71.8 Å². The van der Waals surface area contributed by atoms with Gasteiger partial charge in [-0.05, 0) is 46.5 Å². The molecule has 21 heavy (non-hydrogen) atoms. The van der Waals surface area contributed by atoms with Gasteiger partial charge in [0.25, 0.3) is 0 Å². The van der Waals surface area contributed by atoms with E-state index in [1.807, 2.05) is 0 Å². The van der Waals surface area contributed by atoms with Gasteiger partial charge in [0.15, 0.2) is 0 Å². The van der Waals surface area contributed by atoms with Crippen molar-refractivity contribution in [1.82, 2.24) is 5.32 Å². The van der Waals surface area contributed by atoms with Crippen molar-refractivity contribution in [3.63, 3.8) is 0 Å². The molecule has 0 radical (unpaired) electrons. The quantitative estimate of drug-likeness (QED) is 0.712. The molecule has 0 amide bonds. The first-order valence-corrected chi connectivity index (χ1v) is 7.58. The SMILES string of the molecule is CCNCc1ccc(-c2cccc3ccccc23)c(C)c1. The van der Waals surface area contributed by atoms with Crippen LogP contribution in [-0.2, 0) is 6.54 Å². The average molecular weight is 275 g/mol. The van der Waals surface area contributed by atoms with Gasteiger partial charge in [0.2, 0.25) is 0 Å². The molecule has 0 atom stereocenters. The van der Waals surface area contributed by atoms with Gasteiger partial charge >= 0.3 is 0 Å². The molecule has 0 aliphatic rings. The van der Waals surface area contributed by atoms with E-state index in [2.05, 4.69) is 79.8 Å². The van der Waals surface area contributed by atoms with Crippen LogP contribution in [0.3, 0.4) is 0 Å². The van der Waals surface area contributed by atoms with Gasteiger partial charge in [0, 0.05) is 6.54 Å². The molecular formula is C20H21N. The second kappa shape index (κ2) is 6.11. The van der Waals surface area contributed by atoms with E-state index in [0.717, 1.165) is 13.1 Å². The summed E-state index contributed by atoms with van der Waals surface area (Å²) in [7, 11) is 0. The van der Waals surface area contributed by atoms with Crippen LogP contribution in [0.15, 0.2) is 60.7 Å². The lowest BCUT2D eigenvalue weighted by atomic mass is 9.94. The lowest BCUT2D eigenvalue weighted by Crippen LogP contribution is -2.11. The summed E-state index contributed by atoms with van der Waals surface area (Å²) >= 11 is 0. The third-order valence-corrected chi connectivity index (χ3v) is 3.95. The summed E-state index contributed by atoms with van der Waals surface area (Å²) in [6, 6.07) is 21.9. The van der Waals surface area contributed by atoms with Crippen LogP contribution < -0.4 is 5.32 Å². The van der Waals surface area contributed by atoms with Crippen LogP contribution in [0.1, 0.15) is 18.1 Å². The van der Waals surface area contributed by atoms with Crippen LogP contribution in [0.4, 0.5) is 0 Å². The van der Waals surface area contributed by atoms with E-state index in [4.69, 9.17) is 0 Å². The molecule has 0 aliphatic heterocycles. The Balaban J connectivity index is 2.06. The minimum absolute atomic E-state index is 0.938. The molecule has 0 saturated heterocycles. The van der Waals surface area contributed by atoms with Crippen molar-refractivity contribution < 1.29 is 0 Å². The third kappa shape index (κ3) is 2.84. The Morgan fingerprint density at radius 1 is 0.857 bits per heavy atom. The van der Waals surface area contributed by atoms with E-state index in [1.54, 1.807) is 0 Å². The molecular weight excluding hydrogens is 254 g/mol. The van der Waals surface area contributed by atoms with E-state index < -0.39 is 0 Å². The monoisotopic (exact) mass is 275 g/mol. The second-order valence-corrected chi connectivity index (χ2v) is 5.46. The first kappa shape index (κ1) is 13.8. The smallest absolute Gasteiger partial charge is 0.0205 e. The maximum atomic E-state index is 3.38. The molecule has 1 N–H and O–H groups in total. The number of hydrogen-bond donors (Lipinski definition) is 1. The zero-order chi connectivity index (χ0) is 14.7. The van der Waals surface area contributed by atoms with E-state index in [-0.39, 0.29) is 0 Å². The minimum atomic E-state index is 0.938. The molecule has 0 aromatic heterocycles. The van der Waals surface area contributed by atoms with E-state index in [0.29, 0.717) is 0 Å². The Morgan fingerprint density at radius 3 is 2.48 bits per heavy atom. The molecule has 0 heterocycles. The summed E-state index contributed by atoms with van der Waals surface area (Å²) < 4.78 is 0. The van der Waals surface area contributed by atoms with Gasteiger partial charge in [-0.1, -0.05) is 67.6 Å². The summed E-state index contributed by atoms with van der Waals surface area (Å²) in [5.74, 6) is 0. The first-order chi connectivity index (χ1) is 10.3. The normalized spacial score (nSPS) is 11.0. The molecule has 106 valence electrons. The Bertz CT molecular complexity index is 753. The van der Waals surface area contributed by atoms with Gasteiger partial charge in [-0.15, -0.1) is 0 Å². The summed E-state index contributed by atoms with van der Waals surface area (Å²) in [4.78, 5) is 0. The molecule has 0 unspecified atom stereocenters. The topological polar surface area (TPSA) is 12.0 Å². The zero-order valence-electron chi connectivity index (χ0n) is 12.7. The van der Waals surface area contributed by atoms with Crippen LogP contribution in [0, 0.1) is 6.92 Å². The lowest BCUT2D eigenvalue weighted by molar-refractivity contribution is 0.726. The molecule has 0 saturated carbocycles. The molecule has 3 aromatic rings. The van der Waals surface area contributed by atoms with Gasteiger partial charge < -0.3 is 5.32 Å². The van der Waals surface area contributed by atoms with Crippen molar-refractivity contribution in [1.29, 1.82) is 0 Å². The number of nitrogens with one attached hydrogen (secondary N) is 1. The predicted molar refractivity (Wildman–Crippen MR) is 91.5 cm³/mol. The lowest BCUT2D eigenvalue weighted by Gasteiger charge is -2.12. The summed E-state index contributed by atoms with van der Waals surface area (Å²) in [6.07, 6.45) is 0. The molecule has 0 bridgehead atoms. The summed E-state index contributed by atoms with van der Waals surface area (Å²) in [6.45, 7) is 6.28. The molecule has 1 nitrogen and oxygen atoms in total.